The van der Waals surface area contributed by atoms with E-state index in [4.69, 9.17) is 5.73 Å². The van der Waals surface area contributed by atoms with Gasteiger partial charge in [-0.3, -0.25) is 9.69 Å². The predicted octanol–water partition coefficient (Wildman–Crippen LogP) is 1.35. The molecule has 1 rings (SSSR count). The number of hydrogen-bond acceptors (Lipinski definition) is 3. The summed E-state index contributed by atoms with van der Waals surface area (Å²) in [7, 11) is 5.47. The number of anilines is 1. The van der Waals surface area contributed by atoms with Crippen molar-refractivity contribution < 1.29 is 4.79 Å². The Balaban J connectivity index is 2.70. The summed E-state index contributed by atoms with van der Waals surface area (Å²) < 4.78 is 0. The number of amides is 1. The van der Waals surface area contributed by atoms with Gasteiger partial charge in [-0.2, -0.15) is 0 Å². The molecule has 1 unspecified atom stereocenters. The zero-order chi connectivity index (χ0) is 13.0. The highest BCUT2D eigenvalue weighted by atomic mass is 16.2. The van der Waals surface area contributed by atoms with Crippen LogP contribution in [0, 0.1) is 0 Å². The second-order valence-electron chi connectivity index (χ2n) is 4.55. The normalized spacial score (nSPS) is 12.5. The number of carbonyl (C=O) groups is 1. The highest BCUT2D eigenvalue weighted by Gasteiger charge is 2.15. The van der Waals surface area contributed by atoms with Crippen molar-refractivity contribution in [3.05, 3.63) is 29.8 Å². The zero-order valence-corrected chi connectivity index (χ0v) is 11.0. The lowest BCUT2D eigenvalue weighted by Gasteiger charge is -2.26. The topological polar surface area (TPSA) is 49.6 Å². The number of likely N-dealkylation sites (N-methyl/N-ethyl adjacent to an activating group) is 2. The van der Waals surface area contributed by atoms with E-state index in [0.29, 0.717) is 6.54 Å². The molecule has 0 saturated carbocycles. The molecule has 1 aromatic carbocycles. The summed E-state index contributed by atoms with van der Waals surface area (Å²) in [6, 6.07) is 7.94. The van der Waals surface area contributed by atoms with E-state index in [2.05, 4.69) is 6.92 Å². The van der Waals surface area contributed by atoms with E-state index in [1.165, 1.54) is 0 Å². The Morgan fingerprint density at radius 3 is 2.53 bits per heavy atom. The molecular formula is C13H21N3O. The number of nitrogens with two attached hydrogens (primary N) is 1. The van der Waals surface area contributed by atoms with Crippen molar-refractivity contribution in [1.82, 2.24) is 9.80 Å². The summed E-state index contributed by atoms with van der Waals surface area (Å²) in [5.41, 5.74) is 7.63. The van der Waals surface area contributed by atoms with E-state index in [1.54, 1.807) is 19.0 Å². The van der Waals surface area contributed by atoms with Gasteiger partial charge < -0.3 is 10.6 Å². The molecule has 4 heteroatoms. The summed E-state index contributed by atoms with van der Waals surface area (Å²) in [6.07, 6.45) is 0. The smallest absolute Gasteiger partial charge is 0.236 e. The van der Waals surface area contributed by atoms with Gasteiger partial charge in [0, 0.05) is 25.8 Å². The summed E-state index contributed by atoms with van der Waals surface area (Å²) in [5.74, 6) is 0.100. The van der Waals surface area contributed by atoms with Crippen LogP contribution >= 0.6 is 0 Å². The molecule has 0 saturated heterocycles. The summed E-state index contributed by atoms with van der Waals surface area (Å²) in [5, 5.41) is 0. The van der Waals surface area contributed by atoms with E-state index in [-0.39, 0.29) is 11.9 Å². The van der Waals surface area contributed by atoms with Crippen LogP contribution in [0.15, 0.2) is 24.3 Å². The maximum Gasteiger partial charge on any atom is 0.236 e. The number of nitrogen functional groups attached to an aromatic ring is 1. The largest absolute Gasteiger partial charge is 0.399 e. The fourth-order valence-electron chi connectivity index (χ4n) is 1.57. The predicted molar refractivity (Wildman–Crippen MR) is 70.6 cm³/mol. The Morgan fingerprint density at radius 2 is 2.00 bits per heavy atom. The average Bonchev–Trinajstić information content (AvgIpc) is 2.27. The van der Waals surface area contributed by atoms with Gasteiger partial charge in [0.25, 0.3) is 0 Å². The molecule has 0 fully saturated rings. The summed E-state index contributed by atoms with van der Waals surface area (Å²) in [6.45, 7) is 2.47. The van der Waals surface area contributed by atoms with Crippen molar-refractivity contribution in [1.29, 1.82) is 0 Å². The van der Waals surface area contributed by atoms with Crippen molar-refractivity contribution in [3.63, 3.8) is 0 Å². The molecule has 0 aliphatic heterocycles. The van der Waals surface area contributed by atoms with E-state index in [9.17, 15) is 4.79 Å². The first-order chi connectivity index (χ1) is 7.91. The lowest BCUT2D eigenvalue weighted by atomic mass is 10.1. The van der Waals surface area contributed by atoms with Crippen LogP contribution in [0.3, 0.4) is 0 Å². The standard InChI is InChI=1S/C13H21N3O/c1-10(11-6-5-7-12(14)8-11)16(4)9-13(17)15(2)3/h5-8,10H,9,14H2,1-4H3. The maximum atomic E-state index is 11.6. The van der Waals surface area contributed by atoms with Crippen molar-refractivity contribution in [2.24, 2.45) is 0 Å². The Bertz CT molecular complexity index is 390. The molecule has 1 amide bonds. The molecule has 17 heavy (non-hydrogen) atoms. The second-order valence-corrected chi connectivity index (χ2v) is 4.55. The molecule has 1 aromatic rings. The third-order valence-electron chi connectivity index (χ3n) is 2.94. The van der Waals surface area contributed by atoms with Gasteiger partial charge in [0.2, 0.25) is 5.91 Å². The zero-order valence-electron chi connectivity index (χ0n) is 11.0. The first-order valence-corrected chi connectivity index (χ1v) is 5.67. The van der Waals surface area contributed by atoms with Crippen LogP contribution in [0.1, 0.15) is 18.5 Å². The van der Waals surface area contributed by atoms with Crippen LogP contribution < -0.4 is 5.73 Å². The first kappa shape index (κ1) is 13.5. The van der Waals surface area contributed by atoms with Crippen LogP contribution in [0.4, 0.5) is 5.69 Å². The number of nitrogens with zero attached hydrogens (tertiary/aromatic N) is 2. The molecule has 4 nitrogen and oxygen atoms in total. The Morgan fingerprint density at radius 1 is 1.35 bits per heavy atom. The minimum atomic E-state index is 0.100. The van der Waals surface area contributed by atoms with Gasteiger partial charge in [-0.05, 0) is 31.7 Å². The van der Waals surface area contributed by atoms with Crippen LogP contribution in [0.2, 0.25) is 0 Å². The maximum absolute atomic E-state index is 11.6. The molecular weight excluding hydrogens is 214 g/mol. The second kappa shape index (κ2) is 5.68. The number of hydrogen-bond donors (Lipinski definition) is 1. The Hall–Kier alpha value is -1.55. The molecule has 0 heterocycles. The third-order valence-corrected chi connectivity index (χ3v) is 2.94. The fraction of sp³-hybridized carbons (Fsp3) is 0.462. The monoisotopic (exact) mass is 235 g/mol. The Kier molecular flexibility index (Phi) is 4.52. The molecule has 0 bridgehead atoms. The van der Waals surface area contributed by atoms with Crippen molar-refractivity contribution in [3.8, 4) is 0 Å². The van der Waals surface area contributed by atoms with Gasteiger partial charge in [-0.25, -0.2) is 0 Å². The number of rotatable bonds is 4. The van der Waals surface area contributed by atoms with E-state index < -0.39 is 0 Å². The first-order valence-electron chi connectivity index (χ1n) is 5.67. The summed E-state index contributed by atoms with van der Waals surface area (Å²) in [4.78, 5) is 15.2. The van der Waals surface area contributed by atoms with Gasteiger partial charge in [0.1, 0.15) is 0 Å². The van der Waals surface area contributed by atoms with Crippen LogP contribution in [0.5, 0.6) is 0 Å². The van der Waals surface area contributed by atoms with Gasteiger partial charge >= 0.3 is 0 Å². The molecule has 1 atom stereocenters. The van der Waals surface area contributed by atoms with Crippen molar-refractivity contribution in [2.75, 3.05) is 33.4 Å². The molecule has 0 spiro atoms. The molecule has 2 N–H and O–H groups in total. The molecule has 94 valence electrons. The minimum absolute atomic E-state index is 0.100. The highest BCUT2D eigenvalue weighted by Crippen LogP contribution is 2.20. The van der Waals surface area contributed by atoms with E-state index in [0.717, 1.165) is 11.3 Å². The lowest BCUT2D eigenvalue weighted by Crippen LogP contribution is -2.35. The third kappa shape index (κ3) is 3.75. The molecule has 0 aliphatic rings. The van der Waals surface area contributed by atoms with Crippen molar-refractivity contribution in [2.45, 2.75) is 13.0 Å². The highest BCUT2D eigenvalue weighted by molar-refractivity contribution is 5.77. The van der Waals surface area contributed by atoms with E-state index >= 15 is 0 Å². The van der Waals surface area contributed by atoms with Crippen LogP contribution in [-0.2, 0) is 4.79 Å². The average molecular weight is 235 g/mol. The van der Waals surface area contributed by atoms with Gasteiger partial charge in [-0.15, -0.1) is 0 Å². The minimum Gasteiger partial charge on any atom is -0.399 e. The van der Waals surface area contributed by atoms with Crippen molar-refractivity contribution >= 4 is 11.6 Å². The molecule has 0 aliphatic carbocycles. The Labute approximate surface area is 103 Å². The van der Waals surface area contributed by atoms with Gasteiger partial charge in [0.15, 0.2) is 0 Å². The number of carbonyl (C=O) groups excluding carboxylic acids is 1. The molecule has 0 radical (unpaired) electrons. The van der Waals surface area contributed by atoms with Gasteiger partial charge in [-0.1, -0.05) is 12.1 Å². The van der Waals surface area contributed by atoms with Crippen LogP contribution in [0.25, 0.3) is 0 Å². The quantitative estimate of drug-likeness (QED) is 0.801. The lowest BCUT2D eigenvalue weighted by molar-refractivity contribution is -0.130. The van der Waals surface area contributed by atoms with E-state index in [1.807, 2.05) is 36.2 Å². The SMILES string of the molecule is CC(c1cccc(N)c1)N(C)CC(=O)N(C)C. The fourth-order valence-corrected chi connectivity index (χ4v) is 1.57. The number of benzene rings is 1. The van der Waals surface area contributed by atoms with Gasteiger partial charge in [0.05, 0.1) is 6.54 Å². The molecule has 0 aromatic heterocycles. The summed E-state index contributed by atoms with van der Waals surface area (Å²) >= 11 is 0. The van der Waals surface area contributed by atoms with Crippen LogP contribution in [-0.4, -0.2) is 43.4 Å².